The van der Waals surface area contributed by atoms with E-state index in [1.165, 1.54) is 0 Å². The van der Waals surface area contributed by atoms with Gasteiger partial charge in [-0.15, -0.1) is 11.6 Å². The van der Waals surface area contributed by atoms with Crippen LogP contribution in [0.5, 0.6) is 0 Å². The van der Waals surface area contributed by atoms with Crippen LogP contribution in [0.25, 0.3) is 0 Å². The Balaban J connectivity index is 4.05. The second-order valence-electron chi connectivity index (χ2n) is 4.82. The van der Waals surface area contributed by atoms with E-state index in [0.29, 0.717) is 11.8 Å². The van der Waals surface area contributed by atoms with Gasteiger partial charge in [0.1, 0.15) is 0 Å². The van der Waals surface area contributed by atoms with E-state index in [0.717, 1.165) is 6.42 Å². The van der Waals surface area contributed by atoms with E-state index in [1.54, 1.807) is 0 Å². The maximum absolute atomic E-state index is 5.79. The molecule has 0 radical (unpaired) electrons. The minimum Gasteiger partial charge on any atom is -0.189 e. The van der Waals surface area contributed by atoms with E-state index in [2.05, 4.69) is 24.1 Å². The number of alkyl halides is 1. The Morgan fingerprint density at radius 3 is 2.08 bits per heavy atom. The highest BCUT2D eigenvalue weighted by Gasteiger charge is 2.11. The number of hydrogen-bond acceptors (Lipinski definition) is 2. The molecule has 0 heterocycles. The highest BCUT2D eigenvalue weighted by atomic mass is 35.5. The van der Waals surface area contributed by atoms with Crippen LogP contribution in [0, 0.1) is 5.92 Å². The summed E-state index contributed by atoms with van der Waals surface area (Å²) in [7, 11) is 0. The van der Waals surface area contributed by atoms with Crippen molar-refractivity contribution in [2.24, 2.45) is 16.1 Å². The van der Waals surface area contributed by atoms with Gasteiger partial charge in [-0.25, -0.2) is 0 Å². The average molecular weight is 205 g/mol. The maximum atomic E-state index is 5.79. The summed E-state index contributed by atoms with van der Waals surface area (Å²) in [6.45, 7) is 10.5. The van der Waals surface area contributed by atoms with Crippen molar-refractivity contribution in [2.45, 2.75) is 52.6 Å². The molecule has 1 atom stereocenters. The summed E-state index contributed by atoms with van der Waals surface area (Å²) in [4.78, 5) is 0. The molecule has 3 heteroatoms. The van der Waals surface area contributed by atoms with Crippen molar-refractivity contribution >= 4 is 11.6 Å². The fourth-order valence-corrected chi connectivity index (χ4v) is 1.13. The first kappa shape index (κ1) is 12.9. The van der Waals surface area contributed by atoms with Crippen LogP contribution in [-0.4, -0.2) is 17.5 Å². The van der Waals surface area contributed by atoms with Crippen LogP contribution >= 0.6 is 11.6 Å². The van der Waals surface area contributed by atoms with Gasteiger partial charge in [0.2, 0.25) is 0 Å². The van der Waals surface area contributed by atoms with Crippen LogP contribution in [0.3, 0.4) is 0 Å². The molecule has 0 fully saturated rings. The van der Waals surface area contributed by atoms with Crippen molar-refractivity contribution < 1.29 is 0 Å². The molecule has 78 valence electrons. The summed E-state index contributed by atoms with van der Waals surface area (Å²) in [5.41, 5.74) is -0.0821. The monoisotopic (exact) mass is 204 g/mol. The van der Waals surface area contributed by atoms with Crippen molar-refractivity contribution in [3.8, 4) is 0 Å². The average Bonchev–Trinajstić information content (AvgIpc) is 1.95. The van der Waals surface area contributed by atoms with Crippen LogP contribution < -0.4 is 0 Å². The number of halogens is 1. The first-order valence-electron chi connectivity index (χ1n) is 4.83. The molecule has 0 amide bonds. The highest BCUT2D eigenvalue weighted by molar-refractivity contribution is 6.18. The topological polar surface area (TPSA) is 24.7 Å². The molecule has 1 unspecified atom stereocenters. The Labute approximate surface area is 86.8 Å². The molecule has 0 bridgehead atoms. The molecular formula is C10H21ClN2. The van der Waals surface area contributed by atoms with Crippen LogP contribution in [-0.2, 0) is 0 Å². The van der Waals surface area contributed by atoms with E-state index in [9.17, 15) is 0 Å². The lowest BCUT2D eigenvalue weighted by atomic mass is 10.1. The minimum atomic E-state index is -0.0821. The number of azo groups is 1. The van der Waals surface area contributed by atoms with Gasteiger partial charge in [0.15, 0.2) is 0 Å². The van der Waals surface area contributed by atoms with Crippen molar-refractivity contribution in [1.82, 2.24) is 0 Å². The summed E-state index contributed by atoms with van der Waals surface area (Å²) < 4.78 is 0. The van der Waals surface area contributed by atoms with Crippen LogP contribution in [0.4, 0.5) is 0 Å². The molecule has 0 spiro atoms. The SMILES string of the molecule is CC(C)CC(CCl)/N=N/C(C)(C)C. The Hall–Kier alpha value is -0.110. The van der Waals surface area contributed by atoms with Gasteiger partial charge >= 0.3 is 0 Å². The van der Waals surface area contributed by atoms with Gasteiger partial charge in [-0.1, -0.05) is 13.8 Å². The van der Waals surface area contributed by atoms with E-state index in [1.807, 2.05) is 20.8 Å². The third-order valence-electron chi connectivity index (χ3n) is 1.44. The third-order valence-corrected chi connectivity index (χ3v) is 1.80. The Morgan fingerprint density at radius 1 is 1.23 bits per heavy atom. The third kappa shape index (κ3) is 8.23. The number of rotatable bonds is 4. The van der Waals surface area contributed by atoms with Crippen molar-refractivity contribution in [1.29, 1.82) is 0 Å². The first-order valence-corrected chi connectivity index (χ1v) is 5.36. The second kappa shape index (κ2) is 5.58. The van der Waals surface area contributed by atoms with Gasteiger partial charge in [0, 0.05) is 5.88 Å². The summed E-state index contributed by atoms with van der Waals surface area (Å²) in [6.07, 6.45) is 1.02. The molecule has 0 aliphatic rings. The zero-order valence-electron chi connectivity index (χ0n) is 9.34. The number of nitrogens with zero attached hydrogens (tertiary/aromatic N) is 2. The van der Waals surface area contributed by atoms with E-state index >= 15 is 0 Å². The van der Waals surface area contributed by atoms with E-state index < -0.39 is 0 Å². The molecule has 0 aliphatic carbocycles. The molecule has 13 heavy (non-hydrogen) atoms. The van der Waals surface area contributed by atoms with E-state index in [4.69, 9.17) is 11.6 Å². The Bertz CT molecular complexity index is 159. The van der Waals surface area contributed by atoms with Crippen LogP contribution in [0.15, 0.2) is 10.2 Å². The summed E-state index contributed by atoms with van der Waals surface area (Å²) in [6, 6.07) is 0.181. The lowest BCUT2D eigenvalue weighted by Crippen LogP contribution is -2.14. The lowest BCUT2D eigenvalue weighted by molar-refractivity contribution is 0.468. The van der Waals surface area contributed by atoms with Gasteiger partial charge < -0.3 is 0 Å². The van der Waals surface area contributed by atoms with Gasteiger partial charge in [0.05, 0.1) is 11.6 Å². The van der Waals surface area contributed by atoms with Gasteiger partial charge in [0.25, 0.3) is 0 Å². The predicted octanol–water partition coefficient (Wildman–Crippen LogP) is 3.89. The molecule has 0 aromatic heterocycles. The Kier molecular flexibility index (Phi) is 5.54. The molecular weight excluding hydrogens is 184 g/mol. The predicted molar refractivity (Wildman–Crippen MR) is 58.6 cm³/mol. The zero-order chi connectivity index (χ0) is 10.5. The second-order valence-corrected chi connectivity index (χ2v) is 5.13. The van der Waals surface area contributed by atoms with Crippen LogP contribution in [0.1, 0.15) is 41.0 Å². The smallest absolute Gasteiger partial charge is 0.0845 e. The van der Waals surface area contributed by atoms with Crippen molar-refractivity contribution in [3.05, 3.63) is 0 Å². The van der Waals surface area contributed by atoms with Crippen molar-refractivity contribution in [3.63, 3.8) is 0 Å². The molecule has 0 rings (SSSR count). The van der Waals surface area contributed by atoms with Gasteiger partial charge in [-0.3, -0.25) is 0 Å². The highest BCUT2D eigenvalue weighted by Crippen LogP contribution is 2.14. The molecule has 0 saturated carbocycles. The van der Waals surface area contributed by atoms with Crippen molar-refractivity contribution in [2.75, 3.05) is 5.88 Å². The van der Waals surface area contributed by atoms with Gasteiger partial charge in [-0.05, 0) is 33.1 Å². The fraction of sp³-hybridized carbons (Fsp3) is 1.00. The van der Waals surface area contributed by atoms with Crippen LogP contribution in [0.2, 0.25) is 0 Å². The first-order chi connectivity index (χ1) is 5.85. The number of hydrogen-bond donors (Lipinski definition) is 0. The molecule has 0 N–H and O–H groups in total. The zero-order valence-corrected chi connectivity index (χ0v) is 10.1. The Morgan fingerprint density at radius 2 is 1.77 bits per heavy atom. The molecule has 0 aromatic carbocycles. The summed E-state index contributed by atoms with van der Waals surface area (Å²) >= 11 is 5.79. The summed E-state index contributed by atoms with van der Waals surface area (Å²) in [5.74, 6) is 1.19. The molecule has 2 nitrogen and oxygen atoms in total. The minimum absolute atomic E-state index is 0.0821. The summed E-state index contributed by atoms with van der Waals surface area (Å²) in [5, 5.41) is 8.47. The van der Waals surface area contributed by atoms with Gasteiger partial charge in [-0.2, -0.15) is 10.2 Å². The molecule has 0 aliphatic heterocycles. The standard InChI is InChI=1S/C10H21ClN2/c1-8(2)6-9(7-11)12-13-10(3,4)5/h8-9H,6-7H2,1-5H3/b13-12+. The maximum Gasteiger partial charge on any atom is 0.0845 e. The lowest BCUT2D eigenvalue weighted by Gasteiger charge is -2.14. The molecule has 0 aromatic rings. The fourth-order valence-electron chi connectivity index (χ4n) is 0.940. The molecule has 0 saturated heterocycles. The largest absolute Gasteiger partial charge is 0.189 e. The quantitative estimate of drug-likeness (QED) is 0.491. The normalized spacial score (nSPS) is 15.6. The van der Waals surface area contributed by atoms with E-state index in [-0.39, 0.29) is 11.6 Å².